The summed E-state index contributed by atoms with van der Waals surface area (Å²) in [4.78, 5) is 56.3. The van der Waals surface area contributed by atoms with E-state index in [0.29, 0.717) is 24.5 Å². The molecule has 4 heterocycles. The van der Waals surface area contributed by atoms with Crippen LogP contribution in [0.15, 0.2) is 71.8 Å². The Morgan fingerprint density at radius 1 is 1.02 bits per heavy atom. The van der Waals surface area contributed by atoms with Crippen molar-refractivity contribution in [2.24, 2.45) is 5.92 Å². The molecule has 6 rings (SSSR count). The summed E-state index contributed by atoms with van der Waals surface area (Å²) in [5.74, 6) is -0.453. The van der Waals surface area contributed by atoms with Crippen LogP contribution in [-0.2, 0) is 16.1 Å². The van der Waals surface area contributed by atoms with Crippen LogP contribution in [0.2, 0.25) is 0 Å². The number of benzene rings is 2. The lowest BCUT2D eigenvalue weighted by Crippen LogP contribution is -2.48. The molecule has 2 aliphatic heterocycles. The molecular weight excluding hydrogens is 562 g/mol. The minimum atomic E-state index is -1.18. The summed E-state index contributed by atoms with van der Waals surface area (Å²) in [6, 6.07) is 16.4. The molecule has 228 valence electrons. The molecule has 12 nitrogen and oxygen atoms in total. The maximum Gasteiger partial charge on any atom is 0.266 e. The van der Waals surface area contributed by atoms with Crippen molar-refractivity contribution in [3.8, 4) is 5.75 Å². The molecular formula is C32H35N7O5. The van der Waals surface area contributed by atoms with Crippen LogP contribution in [0.25, 0.3) is 10.8 Å². The van der Waals surface area contributed by atoms with E-state index in [1.165, 1.54) is 15.5 Å². The summed E-state index contributed by atoms with van der Waals surface area (Å²) >= 11 is 0. The van der Waals surface area contributed by atoms with Gasteiger partial charge in [0.1, 0.15) is 17.0 Å². The van der Waals surface area contributed by atoms with E-state index in [1.807, 2.05) is 42.5 Å². The summed E-state index contributed by atoms with van der Waals surface area (Å²) < 4.78 is 9.46. The van der Waals surface area contributed by atoms with Crippen molar-refractivity contribution in [1.29, 1.82) is 0 Å². The van der Waals surface area contributed by atoms with Crippen molar-refractivity contribution in [2.75, 3.05) is 33.2 Å². The van der Waals surface area contributed by atoms with Gasteiger partial charge in [0, 0.05) is 57.1 Å². The molecule has 2 aromatic carbocycles. The third-order valence-corrected chi connectivity index (χ3v) is 8.37. The zero-order chi connectivity index (χ0) is 31.0. The number of amides is 3. The van der Waals surface area contributed by atoms with Crippen molar-refractivity contribution >= 4 is 28.5 Å². The molecule has 0 radical (unpaired) electrons. The van der Waals surface area contributed by atoms with Gasteiger partial charge in [0.15, 0.2) is 5.60 Å². The van der Waals surface area contributed by atoms with Crippen LogP contribution in [0.5, 0.6) is 5.75 Å². The summed E-state index contributed by atoms with van der Waals surface area (Å²) in [7, 11) is 1.60. The van der Waals surface area contributed by atoms with E-state index >= 15 is 0 Å². The average molecular weight is 598 g/mol. The fraction of sp³-hybridized carbons (Fsp3) is 0.375. The molecule has 1 N–H and O–H groups in total. The Morgan fingerprint density at radius 3 is 2.66 bits per heavy atom. The smallest absolute Gasteiger partial charge is 0.266 e. The third-order valence-electron chi connectivity index (χ3n) is 8.37. The average Bonchev–Trinajstić information content (AvgIpc) is 3.64. The van der Waals surface area contributed by atoms with E-state index in [9.17, 15) is 19.2 Å². The second kappa shape index (κ2) is 11.6. The Hall–Kier alpha value is -5.00. The summed E-state index contributed by atoms with van der Waals surface area (Å²) in [5, 5.41) is 13.4. The molecule has 12 heteroatoms. The van der Waals surface area contributed by atoms with Crippen LogP contribution in [-0.4, -0.2) is 85.9 Å². The van der Waals surface area contributed by atoms with E-state index in [4.69, 9.17) is 4.74 Å². The Balaban J connectivity index is 1.27. The lowest BCUT2D eigenvalue weighted by molar-refractivity contribution is -0.144. The normalized spacial score (nSPS) is 19.5. The number of pyridine rings is 1. The number of aromatic nitrogens is 4. The first kappa shape index (κ1) is 29.1. The van der Waals surface area contributed by atoms with Crippen LogP contribution in [0.1, 0.15) is 42.4 Å². The van der Waals surface area contributed by atoms with E-state index in [2.05, 4.69) is 15.6 Å². The minimum Gasteiger partial charge on any atom is -0.477 e. The standard InChI is InChI=1S/C32H35N7O5/c1-32(2,44-27-12-6-9-21-8-4-5-10-24(21)27)31(43)38-17-22-16-28(40)33-13-15-36(3)29(41)25-11-7-14-37(30(25)42)18-23-19-39(35-34-23)26(22)20-38/h4-12,14,19,22,26H,13,15-18,20H2,1-3H3,(H,33,40)/t22-,26+/m0/s1. The van der Waals surface area contributed by atoms with Gasteiger partial charge in [-0.3, -0.25) is 19.2 Å². The number of nitrogens with one attached hydrogen (secondary N) is 1. The molecule has 0 saturated carbocycles. The number of hydrogen-bond donors (Lipinski definition) is 1. The first-order valence-corrected chi connectivity index (χ1v) is 14.7. The maximum absolute atomic E-state index is 14.0. The van der Waals surface area contributed by atoms with Crippen molar-refractivity contribution in [1.82, 2.24) is 34.7 Å². The van der Waals surface area contributed by atoms with Crippen LogP contribution in [0.3, 0.4) is 0 Å². The molecule has 44 heavy (non-hydrogen) atoms. The van der Waals surface area contributed by atoms with Gasteiger partial charge < -0.3 is 24.4 Å². The predicted molar refractivity (Wildman–Crippen MR) is 162 cm³/mol. The highest BCUT2D eigenvalue weighted by Crippen LogP contribution is 2.34. The fourth-order valence-electron chi connectivity index (χ4n) is 6.03. The number of likely N-dealkylation sites (tertiary alicyclic amines) is 1. The van der Waals surface area contributed by atoms with Crippen LogP contribution < -0.4 is 15.6 Å². The molecule has 1 fully saturated rings. The predicted octanol–water partition coefficient (Wildman–Crippen LogP) is 2.09. The van der Waals surface area contributed by atoms with Gasteiger partial charge in [0.05, 0.1) is 18.8 Å². The van der Waals surface area contributed by atoms with Crippen molar-refractivity contribution in [3.05, 3.63) is 88.6 Å². The third kappa shape index (κ3) is 5.67. The van der Waals surface area contributed by atoms with Crippen molar-refractivity contribution in [3.63, 3.8) is 0 Å². The van der Waals surface area contributed by atoms with Gasteiger partial charge in [-0.2, -0.15) is 0 Å². The Morgan fingerprint density at radius 2 is 1.82 bits per heavy atom. The zero-order valence-corrected chi connectivity index (χ0v) is 25.0. The van der Waals surface area contributed by atoms with E-state index in [0.717, 1.165) is 10.8 Å². The van der Waals surface area contributed by atoms with Gasteiger partial charge in [-0.1, -0.05) is 41.6 Å². The Labute approximate surface area is 254 Å². The summed E-state index contributed by atoms with van der Waals surface area (Å²) in [5.41, 5.74) is -1.05. The second-order valence-electron chi connectivity index (χ2n) is 12.0. The van der Waals surface area contributed by atoms with Gasteiger partial charge in [-0.15, -0.1) is 5.10 Å². The van der Waals surface area contributed by atoms with Gasteiger partial charge in [0.25, 0.3) is 17.4 Å². The molecule has 3 amide bonds. The number of nitrogens with zero attached hydrogens (tertiary/aromatic N) is 6. The molecule has 2 aromatic heterocycles. The van der Waals surface area contributed by atoms with Crippen molar-refractivity contribution < 1.29 is 19.1 Å². The molecule has 4 bridgehead atoms. The van der Waals surface area contributed by atoms with Crippen molar-refractivity contribution in [2.45, 2.75) is 38.5 Å². The second-order valence-corrected chi connectivity index (χ2v) is 12.0. The highest BCUT2D eigenvalue weighted by Gasteiger charge is 2.43. The number of fused-ring (bicyclic) bond motifs is 7. The first-order chi connectivity index (χ1) is 21.1. The van der Waals surface area contributed by atoms with Gasteiger partial charge in [-0.25, -0.2) is 4.68 Å². The quantitative estimate of drug-likeness (QED) is 0.383. The summed E-state index contributed by atoms with van der Waals surface area (Å²) in [6.07, 6.45) is 3.50. The largest absolute Gasteiger partial charge is 0.477 e. The van der Waals surface area contributed by atoms with Gasteiger partial charge in [-0.05, 0) is 37.4 Å². The Kier molecular flexibility index (Phi) is 7.66. The lowest BCUT2D eigenvalue weighted by atomic mass is 9.99. The maximum atomic E-state index is 14.0. The zero-order valence-electron chi connectivity index (χ0n) is 25.0. The van der Waals surface area contributed by atoms with E-state index in [1.54, 1.807) is 48.9 Å². The highest BCUT2D eigenvalue weighted by molar-refractivity contribution is 5.93. The molecule has 0 unspecified atom stereocenters. The number of carbonyl (C=O) groups excluding carboxylic acids is 3. The SMILES string of the molecule is CN1CCNC(=O)C[C@H]2CN(C(=O)C(C)(C)Oc3cccc4ccccc34)C[C@H]2n2cc(nn2)Cn2cccc(c2=O)C1=O. The van der Waals surface area contributed by atoms with Crippen LogP contribution in [0.4, 0.5) is 0 Å². The minimum absolute atomic E-state index is 0.0409. The topological polar surface area (TPSA) is 132 Å². The number of rotatable bonds is 3. The monoisotopic (exact) mass is 597 g/mol. The fourth-order valence-corrected chi connectivity index (χ4v) is 6.03. The highest BCUT2D eigenvalue weighted by atomic mass is 16.5. The first-order valence-electron chi connectivity index (χ1n) is 14.7. The summed E-state index contributed by atoms with van der Waals surface area (Å²) in [6.45, 7) is 4.73. The van der Waals surface area contributed by atoms with E-state index < -0.39 is 17.1 Å². The molecule has 0 aliphatic carbocycles. The number of carbonyl (C=O) groups is 3. The number of ether oxygens (including phenoxy) is 1. The van der Waals surface area contributed by atoms with Gasteiger partial charge >= 0.3 is 0 Å². The molecule has 2 atom stereocenters. The molecule has 1 saturated heterocycles. The number of hydrogen-bond acceptors (Lipinski definition) is 7. The molecule has 0 spiro atoms. The van der Waals surface area contributed by atoms with Crippen LogP contribution in [0, 0.1) is 5.92 Å². The van der Waals surface area contributed by atoms with Gasteiger partial charge in [0.2, 0.25) is 5.91 Å². The molecule has 2 aliphatic rings. The lowest BCUT2D eigenvalue weighted by Gasteiger charge is -2.30. The van der Waals surface area contributed by atoms with Crippen LogP contribution >= 0.6 is 0 Å². The Bertz CT molecular complexity index is 1790. The molecule has 4 aromatic rings. The van der Waals surface area contributed by atoms with E-state index in [-0.39, 0.29) is 55.4 Å². The number of likely N-dealkylation sites (N-methyl/N-ethyl adjacent to an activating group) is 1.